The highest BCUT2D eigenvalue weighted by atomic mass is 35.5. The van der Waals surface area contributed by atoms with E-state index in [0.29, 0.717) is 23.2 Å². The van der Waals surface area contributed by atoms with Crippen molar-refractivity contribution in [2.45, 2.75) is 25.8 Å². The lowest BCUT2D eigenvalue weighted by atomic mass is 10.0. The third-order valence-corrected chi connectivity index (χ3v) is 5.21. The number of likely N-dealkylation sites (tertiary alicyclic amines) is 1. The molecule has 1 fully saturated rings. The molecule has 0 aliphatic carbocycles. The smallest absolute Gasteiger partial charge is 0.273 e. The standard InChI is InChI=1S/C18H21ClN6O/c1-20-18-22-14-6-10-25(16-13(19)5-4-7-21-16)11-12(14)15(23-18)17(26)24-8-2-3-9-24/h4-5,7H,2-3,6,8-11H2,1H3,(H,20,22,23). The molecule has 0 atom stereocenters. The molecule has 4 rings (SSSR count). The molecule has 0 bridgehead atoms. The summed E-state index contributed by atoms with van der Waals surface area (Å²) in [6.07, 6.45) is 4.55. The fourth-order valence-corrected chi connectivity index (χ4v) is 3.80. The van der Waals surface area contributed by atoms with Crippen molar-refractivity contribution in [2.75, 3.05) is 36.9 Å². The van der Waals surface area contributed by atoms with E-state index >= 15 is 0 Å². The highest BCUT2D eigenvalue weighted by Gasteiger charge is 2.30. The van der Waals surface area contributed by atoms with Gasteiger partial charge in [0.1, 0.15) is 11.5 Å². The molecule has 4 heterocycles. The van der Waals surface area contributed by atoms with E-state index < -0.39 is 0 Å². The second kappa shape index (κ2) is 7.07. The molecule has 26 heavy (non-hydrogen) atoms. The number of nitrogens with zero attached hydrogens (tertiary/aromatic N) is 5. The van der Waals surface area contributed by atoms with E-state index in [9.17, 15) is 4.79 Å². The number of nitrogens with one attached hydrogen (secondary N) is 1. The highest BCUT2D eigenvalue weighted by molar-refractivity contribution is 6.32. The molecule has 136 valence electrons. The van der Waals surface area contributed by atoms with Gasteiger partial charge in [0.25, 0.3) is 5.91 Å². The van der Waals surface area contributed by atoms with Crippen LogP contribution < -0.4 is 10.2 Å². The SMILES string of the molecule is CNc1nc2c(c(C(=O)N3CCCC3)n1)CN(c1ncccc1Cl)CC2. The van der Waals surface area contributed by atoms with Gasteiger partial charge >= 0.3 is 0 Å². The Kier molecular flexibility index (Phi) is 4.63. The minimum Gasteiger partial charge on any atom is -0.357 e. The number of pyridine rings is 1. The number of anilines is 2. The molecule has 0 aromatic carbocycles. The Bertz CT molecular complexity index is 836. The van der Waals surface area contributed by atoms with Gasteiger partial charge in [-0.25, -0.2) is 15.0 Å². The van der Waals surface area contributed by atoms with E-state index in [0.717, 1.165) is 56.0 Å². The molecule has 1 amide bonds. The lowest BCUT2D eigenvalue weighted by molar-refractivity contribution is 0.0785. The lowest BCUT2D eigenvalue weighted by Gasteiger charge is -2.31. The normalized spacial score (nSPS) is 16.5. The van der Waals surface area contributed by atoms with Crippen LogP contribution in [0.15, 0.2) is 18.3 Å². The minimum absolute atomic E-state index is 0.00776. The van der Waals surface area contributed by atoms with E-state index in [1.165, 1.54) is 0 Å². The van der Waals surface area contributed by atoms with E-state index in [4.69, 9.17) is 11.6 Å². The summed E-state index contributed by atoms with van der Waals surface area (Å²) >= 11 is 6.32. The molecule has 0 unspecified atom stereocenters. The second-order valence-electron chi connectivity index (χ2n) is 6.55. The van der Waals surface area contributed by atoms with Gasteiger partial charge in [0, 0.05) is 51.4 Å². The molecule has 2 aliphatic rings. The molecule has 1 N–H and O–H groups in total. The molecular weight excluding hydrogens is 352 g/mol. The molecule has 1 saturated heterocycles. The Morgan fingerprint density at radius 2 is 2.04 bits per heavy atom. The topological polar surface area (TPSA) is 74.2 Å². The number of rotatable bonds is 3. The maximum absolute atomic E-state index is 13.0. The number of halogens is 1. The van der Waals surface area contributed by atoms with Gasteiger partial charge in [-0.2, -0.15) is 0 Å². The summed E-state index contributed by atoms with van der Waals surface area (Å²) in [4.78, 5) is 30.5. The van der Waals surface area contributed by atoms with Gasteiger partial charge in [-0.15, -0.1) is 0 Å². The minimum atomic E-state index is -0.00776. The van der Waals surface area contributed by atoms with Crippen LogP contribution in [0.25, 0.3) is 0 Å². The van der Waals surface area contributed by atoms with Gasteiger partial charge in [0.2, 0.25) is 5.95 Å². The summed E-state index contributed by atoms with van der Waals surface area (Å²) in [7, 11) is 1.77. The van der Waals surface area contributed by atoms with Crippen molar-refractivity contribution < 1.29 is 4.79 Å². The molecule has 2 aromatic heterocycles. The van der Waals surface area contributed by atoms with Crippen molar-refractivity contribution in [1.82, 2.24) is 19.9 Å². The predicted octanol–water partition coefficient (Wildman–Crippen LogP) is 2.37. The summed E-state index contributed by atoms with van der Waals surface area (Å²) in [5.74, 6) is 1.22. The Balaban J connectivity index is 1.72. The van der Waals surface area contributed by atoms with Crippen LogP contribution in [-0.2, 0) is 13.0 Å². The summed E-state index contributed by atoms with van der Waals surface area (Å²) in [6, 6.07) is 3.64. The summed E-state index contributed by atoms with van der Waals surface area (Å²) in [5, 5.41) is 3.58. The Morgan fingerprint density at radius 3 is 2.77 bits per heavy atom. The Hall–Kier alpha value is -2.41. The maximum atomic E-state index is 13.0. The van der Waals surface area contributed by atoms with Crippen LogP contribution in [-0.4, -0.2) is 52.4 Å². The van der Waals surface area contributed by atoms with Crippen LogP contribution in [0.5, 0.6) is 0 Å². The molecule has 2 aliphatic heterocycles. The number of carbonyl (C=O) groups excluding carboxylic acids is 1. The molecule has 7 nitrogen and oxygen atoms in total. The van der Waals surface area contributed by atoms with Crippen molar-refractivity contribution in [3.05, 3.63) is 40.3 Å². The molecule has 0 radical (unpaired) electrons. The maximum Gasteiger partial charge on any atom is 0.273 e. The number of carbonyl (C=O) groups is 1. The first-order chi connectivity index (χ1) is 12.7. The molecule has 8 heteroatoms. The van der Waals surface area contributed by atoms with E-state index in [1.807, 2.05) is 17.0 Å². The monoisotopic (exact) mass is 372 g/mol. The van der Waals surface area contributed by atoms with Crippen molar-refractivity contribution in [3.8, 4) is 0 Å². The average molecular weight is 373 g/mol. The molecular formula is C18H21ClN6O. The lowest BCUT2D eigenvalue weighted by Crippen LogP contribution is -2.36. The fourth-order valence-electron chi connectivity index (χ4n) is 3.56. The molecule has 0 spiro atoms. The summed E-state index contributed by atoms with van der Waals surface area (Å²) in [6.45, 7) is 2.87. The molecule has 0 saturated carbocycles. The zero-order chi connectivity index (χ0) is 18.1. The first-order valence-electron chi connectivity index (χ1n) is 8.89. The first kappa shape index (κ1) is 17.0. The van der Waals surface area contributed by atoms with Gasteiger partial charge in [0.15, 0.2) is 0 Å². The van der Waals surface area contributed by atoms with Gasteiger partial charge in [-0.3, -0.25) is 4.79 Å². The quantitative estimate of drug-likeness (QED) is 0.891. The van der Waals surface area contributed by atoms with Crippen LogP contribution in [0.2, 0.25) is 5.02 Å². The second-order valence-corrected chi connectivity index (χ2v) is 6.96. The van der Waals surface area contributed by atoms with Gasteiger partial charge in [0.05, 0.1) is 10.7 Å². The van der Waals surface area contributed by atoms with Gasteiger partial charge in [-0.1, -0.05) is 11.6 Å². The third kappa shape index (κ3) is 3.07. The Morgan fingerprint density at radius 1 is 1.23 bits per heavy atom. The van der Waals surface area contributed by atoms with Crippen LogP contribution in [0.3, 0.4) is 0 Å². The van der Waals surface area contributed by atoms with Crippen LogP contribution in [0, 0.1) is 0 Å². The zero-order valence-electron chi connectivity index (χ0n) is 14.7. The fraction of sp³-hybridized carbons (Fsp3) is 0.444. The van der Waals surface area contributed by atoms with E-state index in [2.05, 4.69) is 25.2 Å². The van der Waals surface area contributed by atoms with Gasteiger partial charge in [-0.05, 0) is 25.0 Å². The predicted molar refractivity (Wildman–Crippen MR) is 101 cm³/mol. The van der Waals surface area contributed by atoms with E-state index in [-0.39, 0.29) is 5.91 Å². The number of fused-ring (bicyclic) bond motifs is 1. The number of amides is 1. The van der Waals surface area contributed by atoms with Gasteiger partial charge < -0.3 is 15.1 Å². The summed E-state index contributed by atoms with van der Waals surface area (Å²) < 4.78 is 0. The zero-order valence-corrected chi connectivity index (χ0v) is 15.5. The van der Waals surface area contributed by atoms with Crippen molar-refractivity contribution in [3.63, 3.8) is 0 Å². The Labute approximate surface area is 157 Å². The highest BCUT2D eigenvalue weighted by Crippen LogP contribution is 2.30. The molecule has 2 aromatic rings. The van der Waals surface area contributed by atoms with Crippen molar-refractivity contribution >= 4 is 29.3 Å². The van der Waals surface area contributed by atoms with Crippen molar-refractivity contribution in [1.29, 1.82) is 0 Å². The number of hydrogen-bond donors (Lipinski definition) is 1. The van der Waals surface area contributed by atoms with Crippen LogP contribution >= 0.6 is 11.6 Å². The van der Waals surface area contributed by atoms with E-state index in [1.54, 1.807) is 13.2 Å². The number of hydrogen-bond acceptors (Lipinski definition) is 6. The van der Waals surface area contributed by atoms with Crippen molar-refractivity contribution in [2.24, 2.45) is 0 Å². The van der Waals surface area contributed by atoms with Crippen LogP contribution in [0.1, 0.15) is 34.6 Å². The average Bonchev–Trinajstić information content (AvgIpc) is 3.21. The number of aromatic nitrogens is 3. The first-order valence-corrected chi connectivity index (χ1v) is 9.27. The third-order valence-electron chi connectivity index (χ3n) is 4.92. The largest absolute Gasteiger partial charge is 0.357 e. The van der Waals surface area contributed by atoms with Crippen LogP contribution in [0.4, 0.5) is 11.8 Å². The summed E-state index contributed by atoms with van der Waals surface area (Å²) in [5.41, 5.74) is 2.31.